The zero-order valence-electron chi connectivity index (χ0n) is 17.3. The lowest BCUT2D eigenvalue weighted by atomic mass is 10.0. The number of nitrogens with one attached hydrogen (secondary N) is 3. The van der Waals surface area contributed by atoms with Crippen LogP contribution in [0, 0.1) is 11.7 Å². The lowest BCUT2D eigenvalue weighted by Crippen LogP contribution is -2.38. The van der Waals surface area contributed by atoms with Crippen molar-refractivity contribution in [2.45, 2.75) is 32.6 Å². The molecule has 0 unspecified atom stereocenters. The maximum absolute atomic E-state index is 13.5. The molecule has 160 valence electrons. The van der Waals surface area contributed by atoms with Gasteiger partial charge < -0.3 is 25.1 Å². The molecule has 3 N–H and O–H groups in total. The second kappa shape index (κ2) is 11.8. The molecule has 0 bridgehead atoms. The monoisotopic (exact) mass is 404 g/mol. The van der Waals surface area contributed by atoms with Crippen molar-refractivity contribution in [3.05, 3.63) is 35.8 Å². The Bertz CT molecular complexity index is 771. The fourth-order valence-electron chi connectivity index (χ4n) is 3.54. The largest absolute Gasteiger partial charge is 0.381 e. The number of hydrogen-bond donors (Lipinski definition) is 3. The number of fused-ring (bicyclic) bond motifs is 1. The highest BCUT2D eigenvalue weighted by molar-refractivity contribution is 5.83. The molecule has 1 aliphatic heterocycles. The Kier molecular flexibility index (Phi) is 8.77. The van der Waals surface area contributed by atoms with Crippen LogP contribution in [0.5, 0.6) is 0 Å². The topological polar surface area (TPSA) is 70.7 Å². The van der Waals surface area contributed by atoms with E-state index in [4.69, 9.17) is 9.47 Å². The van der Waals surface area contributed by atoms with Gasteiger partial charge in [0.15, 0.2) is 5.96 Å². The third-order valence-corrected chi connectivity index (χ3v) is 5.17. The summed E-state index contributed by atoms with van der Waals surface area (Å²) in [5.74, 6) is 1.24. The Morgan fingerprint density at radius 1 is 1.31 bits per heavy atom. The Hall–Kier alpha value is -2.12. The quantitative estimate of drug-likeness (QED) is 0.323. The molecule has 1 saturated heterocycles. The molecular weight excluding hydrogens is 371 g/mol. The standard InChI is InChI=1S/C22H33FN4O2/c1-2-24-22(25-9-3-11-29-16-17-7-12-28-13-8-17)26-10-6-18-15-27-21-5-4-19(23)14-20(18)21/h4-5,14-15,17,27H,2-3,6-13,16H2,1H3,(H2,24,25,26). The van der Waals surface area contributed by atoms with E-state index in [1.807, 2.05) is 6.20 Å². The number of guanidine groups is 1. The molecule has 6 nitrogen and oxygen atoms in total. The highest BCUT2D eigenvalue weighted by Crippen LogP contribution is 2.19. The molecular formula is C22H33FN4O2. The molecule has 0 spiro atoms. The summed E-state index contributed by atoms with van der Waals surface area (Å²) in [7, 11) is 0. The van der Waals surface area contributed by atoms with Gasteiger partial charge in [-0.05, 0) is 62.3 Å². The second-order valence-corrected chi connectivity index (χ2v) is 7.43. The second-order valence-electron chi connectivity index (χ2n) is 7.43. The lowest BCUT2D eigenvalue weighted by molar-refractivity contribution is 0.0205. The summed E-state index contributed by atoms with van der Waals surface area (Å²) >= 11 is 0. The number of rotatable bonds is 10. The van der Waals surface area contributed by atoms with Gasteiger partial charge in [0, 0.05) is 63.2 Å². The maximum Gasteiger partial charge on any atom is 0.191 e. The van der Waals surface area contributed by atoms with E-state index in [1.165, 1.54) is 6.07 Å². The van der Waals surface area contributed by atoms with Crippen molar-refractivity contribution < 1.29 is 13.9 Å². The van der Waals surface area contributed by atoms with E-state index in [0.717, 1.165) is 94.2 Å². The van der Waals surface area contributed by atoms with Crippen molar-refractivity contribution in [2.75, 3.05) is 46.1 Å². The van der Waals surface area contributed by atoms with Crippen LogP contribution >= 0.6 is 0 Å². The van der Waals surface area contributed by atoms with Gasteiger partial charge in [0.25, 0.3) is 0 Å². The number of aromatic nitrogens is 1. The summed E-state index contributed by atoms with van der Waals surface area (Å²) in [5.41, 5.74) is 2.06. The Morgan fingerprint density at radius 3 is 3.00 bits per heavy atom. The fraction of sp³-hybridized carbons (Fsp3) is 0.591. The van der Waals surface area contributed by atoms with E-state index in [-0.39, 0.29) is 5.82 Å². The van der Waals surface area contributed by atoms with Crippen LogP contribution in [0.4, 0.5) is 4.39 Å². The van der Waals surface area contributed by atoms with E-state index >= 15 is 0 Å². The highest BCUT2D eigenvalue weighted by Gasteiger charge is 2.13. The first-order valence-corrected chi connectivity index (χ1v) is 10.7. The summed E-state index contributed by atoms with van der Waals surface area (Å²) in [6, 6.07) is 4.84. The predicted molar refractivity (Wildman–Crippen MR) is 115 cm³/mol. The molecule has 0 amide bonds. The third kappa shape index (κ3) is 7.01. The van der Waals surface area contributed by atoms with Crippen LogP contribution in [0.3, 0.4) is 0 Å². The lowest BCUT2D eigenvalue weighted by Gasteiger charge is -2.21. The van der Waals surface area contributed by atoms with Gasteiger partial charge in [0.2, 0.25) is 0 Å². The summed E-state index contributed by atoms with van der Waals surface area (Å²) < 4.78 is 24.7. The van der Waals surface area contributed by atoms with Crippen molar-refractivity contribution in [1.82, 2.24) is 15.6 Å². The minimum absolute atomic E-state index is 0.208. The van der Waals surface area contributed by atoms with Crippen LogP contribution in [0.25, 0.3) is 10.9 Å². The SMILES string of the molecule is CCNC(=NCCCOCC1CCOCC1)NCCc1c[nH]c2ccc(F)cc12. The average Bonchev–Trinajstić information content (AvgIpc) is 3.13. The number of hydrogen-bond acceptors (Lipinski definition) is 3. The molecule has 29 heavy (non-hydrogen) atoms. The minimum Gasteiger partial charge on any atom is -0.381 e. The molecule has 7 heteroatoms. The normalized spacial score (nSPS) is 15.7. The van der Waals surface area contributed by atoms with Crippen molar-refractivity contribution in [3.8, 4) is 0 Å². The number of benzene rings is 1. The number of ether oxygens (including phenoxy) is 2. The van der Waals surface area contributed by atoms with Gasteiger partial charge in [-0.3, -0.25) is 4.99 Å². The van der Waals surface area contributed by atoms with Crippen LogP contribution in [0.15, 0.2) is 29.4 Å². The number of halogens is 1. The molecule has 0 aliphatic carbocycles. The van der Waals surface area contributed by atoms with E-state index in [9.17, 15) is 4.39 Å². The van der Waals surface area contributed by atoms with Crippen LogP contribution < -0.4 is 10.6 Å². The first-order chi connectivity index (χ1) is 14.3. The van der Waals surface area contributed by atoms with Crippen molar-refractivity contribution in [2.24, 2.45) is 10.9 Å². The maximum atomic E-state index is 13.5. The third-order valence-electron chi connectivity index (χ3n) is 5.17. The molecule has 2 heterocycles. The summed E-state index contributed by atoms with van der Waals surface area (Å²) in [6.07, 6.45) is 5.86. The smallest absolute Gasteiger partial charge is 0.191 e. The van der Waals surface area contributed by atoms with Crippen LogP contribution in [0.1, 0.15) is 31.7 Å². The van der Waals surface area contributed by atoms with Gasteiger partial charge in [-0.15, -0.1) is 0 Å². The van der Waals surface area contributed by atoms with Gasteiger partial charge in [-0.1, -0.05) is 0 Å². The first-order valence-electron chi connectivity index (χ1n) is 10.7. The number of H-pyrrole nitrogens is 1. The number of aliphatic imine (C=N–C) groups is 1. The van der Waals surface area contributed by atoms with Gasteiger partial charge in [-0.2, -0.15) is 0 Å². The van der Waals surface area contributed by atoms with Crippen LogP contribution in [0.2, 0.25) is 0 Å². The summed E-state index contributed by atoms with van der Waals surface area (Å²) in [4.78, 5) is 7.81. The Morgan fingerprint density at radius 2 is 2.17 bits per heavy atom. The highest BCUT2D eigenvalue weighted by atomic mass is 19.1. The Labute approximate surface area is 172 Å². The van der Waals surface area contributed by atoms with Gasteiger partial charge >= 0.3 is 0 Å². The van der Waals surface area contributed by atoms with E-state index in [1.54, 1.807) is 12.1 Å². The van der Waals surface area contributed by atoms with Gasteiger partial charge in [-0.25, -0.2) is 4.39 Å². The van der Waals surface area contributed by atoms with E-state index in [0.29, 0.717) is 5.92 Å². The molecule has 1 aromatic heterocycles. The van der Waals surface area contributed by atoms with Gasteiger partial charge in [0.1, 0.15) is 5.82 Å². The summed E-state index contributed by atoms with van der Waals surface area (Å²) in [6.45, 7) is 7.61. The van der Waals surface area contributed by atoms with Crippen LogP contribution in [-0.4, -0.2) is 57.0 Å². The van der Waals surface area contributed by atoms with Crippen LogP contribution in [-0.2, 0) is 15.9 Å². The van der Waals surface area contributed by atoms with Crippen molar-refractivity contribution in [1.29, 1.82) is 0 Å². The number of nitrogens with zero attached hydrogens (tertiary/aromatic N) is 1. The Balaban J connectivity index is 1.36. The van der Waals surface area contributed by atoms with Gasteiger partial charge in [0.05, 0.1) is 0 Å². The average molecular weight is 405 g/mol. The molecule has 1 aliphatic rings. The zero-order valence-corrected chi connectivity index (χ0v) is 17.3. The molecule has 1 aromatic carbocycles. The van der Waals surface area contributed by atoms with Crippen molar-refractivity contribution in [3.63, 3.8) is 0 Å². The molecule has 3 rings (SSSR count). The van der Waals surface area contributed by atoms with Crippen molar-refractivity contribution >= 4 is 16.9 Å². The zero-order chi connectivity index (χ0) is 20.3. The molecule has 2 aromatic rings. The minimum atomic E-state index is -0.208. The molecule has 0 saturated carbocycles. The summed E-state index contributed by atoms with van der Waals surface area (Å²) in [5, 5.41) is 7.57. The predicted octanol–water partition coefficient (Wildman–Crippen LogP) is 3.24. The fourth-order valence-corrected chi connectivity index (χ4v) is 3.54. The van der Waals surface area contributed by atoms with E-state index < -0.39 is 0 Å². The number of aromatic amines is 1. The first kappa shape index (κ1) is 21.6. The molecule has 0 radical (unpaired) electrons. The van der Waals surface area contributed by atoms with E-state index in [2.05, 4.69) is 27.5 Å². The molecule has 1 fully saturated rings. The molecule has 0 atom stereocenters.